The summed E-state index contributed by atoms with van der Waals surface area (Å²) < 4.78 is 16.9. The fourth-order valence-corrected chi connectivity index (χ4v) is 3.73. The molecule has 2 aromatic heterocycles. The number of hydrogen-bond acceptors (Lipinski definition) is 5. The largest absolute Gasteiger partial charge is 0.323 e. The fraction of sp³-hybridized carbons (Fsp3) is 0.111. The number of carbonyl (C=O) groups excluding carboxylic acids is 1. The van der Waals surface area contributed by atoms with E-state index in [-0.39, 0.29) is 17.0 Å². The Bertz CT molecular complexity index is 1290. The number of carbonyl (C=O) groups is 1. The maximum atomic E-state index is 13.8. The molecule has 0 bridgehead atoms. The number of fused-ring (bicyclic) bond motifs is 3. The maximum absolute atomic E-state index is 13.8. The molecular formula is C18H13ClFN5O2S. The average molecular weight is 418 g/mol. The van der Waals surface area contributed by atoms with Gasteiger partial charge in [0.05, 0.1) is 22.3 Å². The molecule has 0 radical (unpaired) electrons. The van der Waals surface area contributed by atoms with Crippen molar-refractivity contribution >= 4 is 51.6 Å². The minimum absolute atomic E-state index is 0.0112. The van der Waals surface area contributed by atoms with Crippen molar-refractivity contribution in [1.82, 2.24) is 19.2 Å². The lowest BCUT2D eigenvalue weighted by Gasteiger charge is -2.08. The Kier molecular flexibility index (Phi) is 4.78. The van der Waals surface area contributed by atoms with Gasteiger partial charge in [0.2, 0.25) is 11.7 Å². The summed E-state index contributed by atoms with van der Waals surface area (Å²) in [5.41, 5.74) is 0.479. The second kappa shape index (κ2) is 7.25. The van der Waals surface area contributed by atoms with E-state index < -0.39 is 11.7 Å². The van der Waals surface area contributed by atoms with Gasteiger partial charge in [-0.3, -0.25) is 18.6 Å². The molecule has 0 aliphatic heterocycles. The highest BCUT2D eigenvalue weighted by molar-refractivity contribution is 7.99. The summed E-state index contributed by atoms with van der Waals surface area (Å²) in [4.78, 5) is 24.7. The van der Waals surface area contributed by atoms with Gasteiger partial charge in [0.1, 0.15) is 5.82 Å². The molecule has 4 aromatic rings. The Morgan fingerprint density at radius 2 is 2.04 bits per heavy atom. The molecule has 0 atom stereocenters. The molecule has 1 amide bonds. The standard InChI is InChI=1S/C18H13ClFN5O2S/c1-24-16(27)11-4-2-3-5-14(11)25-17(24)22-23-18(25)28-9-15(26)21-13-8-10(19)6-7-12(13)20/h2-8H,9H2,1H3,(H,21,26). The molecule has 0 saturated carbocycles. The van der Waals surface area contributed by atoms with Crippen LogP contribution in [0.15, 0.2) is 52.4 Å². The molecule has 0 saturated heterocycles. The van der Waals surface area contributed by atoms with E-state index in [9.17, 15) is 14.0 Å². The third kappa shape index (κ3) is 3.23. The zero-order valence-corrected chi connectivity index (χ0v) is 16.1. The Morgan fingerprint density at radius 3 is 2.86 bits per heavy atom. The number of anilines is 1. The second-order valence-electron chi connectivity index (χ2n) is 5.96. The molecule has 7 nitrogen and oxygen atoms in total. The molecule has 2 heterocycles. The number of thioether (sulfide) groups is 1. The number of aromatic nitrogens is 4. The van der Waals surface area contributed by atoms with Crippen LogP contribution in [0.2, 0.25) is 5.02 Å². The van der Waals surface area contributed by atoms with Gasteiger partial charge in [-0.1, -0.05) is 35.5 Å². The van der Waals surface area contributed by atoms with Crippen molar-refractivity contribution in [2.24, 2.45) is 7.05 Å². The van der Waals surface area contributed by atoms with Crippen molar-refractivity contribution in [1.29, 1.82) is 0 Å². The van der Waals surface area contributed by atoms with Crippen molar-refractivity contribution in [2.75, 3.05) is 11.1 Å². The molecular weight excluding hydrogens is 405 g/mol. The molecule has 0 aliphatic rings. The first kappa shape index (κ1) is 18.5. The number of amides is 1. The van der Waals surface area contributed by atoms with E-state index in [1.54, 1.807) is 29.6 Å². The van der Waals surface area contributed by atoms with Crippen LogP contribution in [-0.4, -0.2) is 30.8 Å². The van der Waals surface area contributed by atoms with Crippen molar-refractivity contribution < 1.29 is 9.18 Å². The summed E-state index contributed by atoms with van der Waals surface area (Å²) in [6.45, 7) is 0. The minimum Gasteiger partial charge on any atom is -0.323 e. The van der Waals surface area contributed by atoms with E-state index in [4.69, 9.17) is 11.6 Å². The number of nitrogens with zero attached hydrogens (tertiary/aromatic N) is 4. The molecule has 0 spiro atoms. The Balaban J connectivity index is 1.63. The van der Waals surface area contributed by atoms with Crippen molar-refractivity contribution in [3.63, 3.8) is 0 Å². The molecule has 28 heavy (non-hydrogen) atoms. The van der Waals surface area contributed by atoms with Crippen LogP contribution in [0.5, 0.6) is 0 Å². The van der Waals surface area contributed by atoms with Gasteiger partial charge in [-0.2, -0.15) is 0 Å². The number of aryl methyl sites for hydroxylation is 1. The molecule has 0 unspecified atom stereocenters. The van der Waals surface area contributed by atoms with Crippen molar-refractivity contribution in [2.45, 2.75) is 5.16 Å². The van der Waals surface area contributed by atoms with Crippen LogP contribution < -0.4 is 10.9 Å². The Hall–Kier alpha value is -2.91. The second-order valence-corrected chi connectivity index (χ2v) is 7.34. The topological polar surface area (TPSA) is 81.3 Å². The van der Waals surface area contributed by atoms with Gasteiger partial charge in [0, 0.05) is 12.1 Å². The summed E-state index contributed by atoms with van der Waals surface area (Å²) >= 11 is 6.96. The SMILES string of the molecule is Cn1c(=O)c2ccccc2n2c(SCC(=O)Nc3cc(Cl)ccc3F)nnc12. The molecule has 0 fully saturated rings. The fourth-order valence-electron chi connectivity index (χ4n) is 2.81. The third-order valence-corrected chi connectivity index (χ3v) is 5.30. The van der Waals surface area contributed by atoms with Gasteiger partial charge >= 0.3 is 0 Å². The molecule has 10 heteroatoms. The van der Waals surface area contributed by atoms with Crippen LogP contribution in [0, 0.1) is 5.82 Å². The van der Waals surface area contributed by atoms with E-state index in [2.05, 4.69) is 15.5 Å². The average Bonchev–Trinajstić information content (AvgIpc) is 3.11. The predicted molar refractivity (Wildman–Crippen MR) is 106 cm³/mol. The summed E-state index contributed by atoms with van der Waals surface area (Å²) in [5.74, 6) is -0.648. The molecule has 1 N–H and O–H groups in total. The van der Waals surface area contributed by atoms with Crippen molar-refractivity contribution in [3.05, 3.63) is 63.7 Å². The van der Waals surface area contributed by atoms with Gasteiger partial charge < -0.3 is 5.32 Å². The maximum Gasteiger partial charge on any atom is 0.262 e. The van der Waals surface area contributed by atoms with Gasteiger partial charge in [-0.25, -0.2) is 4.39 Å². The van der Waals surface area contributed by atoms with Crippen molar-refractivity contribution in [3.8, 4) is 0 Å². The monoisotopic (exact) mass is 417 g/mol. The first-order valence-electron chi connectivity index (χ1n) is 8.16. The summed E-state index contributed by atoms with van der Waals surface area (Å²) in [5, 5.41) is 11.9. The number of halogens is 2. The first-order valence-corrected chi connectivity index (χ1v) is 9.52. The third-order valence-electron chi connectivity index (χ3n) is 4.13. The summed E-state index contributed by atoms with van der Waals surface area (Å²) in [6, 6.07) is 11.0. The zero-order valence-electron chi connectivity index (χ0n) is 14.5. The van der Waals surface area contributed by atoms with Crippen LogP contribution in [0.25, 0.3) is 16.7 Å². The first-order chi connectivity index (χ1) is 13.5. The number of para-hydroxylation sites is 1. The zero-order chi connectivity index (χ0) is 19.8. The van der Waals surface area contributed by atoms with Gasteiger partial charge in [-0.05, 0) is 30.3 Å². The lowest BCUT2D eigenvalue weighted by atomic mass is 10.2. The van der Waals surface area contributed by atoms with Crippen LogP contribution in [-0.2, 0) is 11.8 Å². The smallest absolute Gasteiger partial charge is 0.262 e. The number of benzene rings is 2. The van der Waals surface area contributed by atoms with E-state index in [0.29, 0.717) is 26.9 Å². The van der Waals surface area contributed by atoms with Gasteiger partial charge in [-0.15, -0.1) is 10.2 Å². The van der Waals surface area contributed by atoms with Crippen LogP contribution >= 0.6 is 23.4 Å². The van der Waals surface area contributed by atoms with E-state index in [1.807, 2.05) is 6.07 Å². The highest BCUT2D eigenvalue weighted by Gasteiger charge is 2.16. The Labute approximate surface area is 167 Å². The quantitative estimate of drug-likeness (QED) is 0.516. The number of rotatable bonds is 4. The summed E-state index contributed by atoms with van der Waals surface area (Å²) in [6.07, 6.45) is 0. The Morgan fingerprint density at radius 1 is 1.25 bits per heavy atom. The highest BCUT2D eigenvalue weighted by atomic mass is 35.5. The van der Waals surface area contributed by atoms with E-state index in [1.165, 1.54) is 22.8 Å². The van der Waals surface area contributed by atoms with E-state index in [0.717, 1.165) is 11.8 Å². The lowest BCUT2D eigenvalue weighted by molar-refractivity contribution is -0.113. The lowest BCUT2D eigenvalue weighted by Crippen LogP contribution is -2.20. The van der Waals surface area contributed by atoms with Gasteiger partial charge in [0.15, 0.2) is 5.16 Å². The number of nitrogens with one attached hydrogen (secondary N) is 1. The molecule has 4 rings (SSSR count). The molecule has 2 aromatic carbocycles. The van der Waals surface area contributed by atoms with Crippen LogP contribution in [0.1, 0.15) is 0 Å². The molecule has 0 aliphatic carbocycles. The van der Waals surface area contributed by atoms with Crippen LogP contribution in [0.3, 0.4) is 0 Å². The number of hydrogen-bond donors (Lipinski definition) is 1. The highest BCUT2D eigenvalue weighted by Crippen LogP contribution is 2.23. The van der Waals surface area contributed by atoms with E-state index >= 15 is 0 Å². The minimum atomic E-state index is -0.573. The normalized spacial score (nSPS) is 11.2. The molecule has 142 valence electrons. The predicted octanol–water partition coefficient (Wildman–Crippen LogP) is 3.10. The summed E-state index contributed by atoms with van der Waals surface area (Å²) in [7, 11) is 1.61. The van der Waals surface area contributed by atoms with Gasteiger partial charge in [0.25, 0.3) is 5.56 Å². The van der Waals surface area contributed by atoms with Crippen LogP contribution in [0.4, 0.5) is 10.1 Å².